The van der Waals surface area contributed by atoms with Gasteiger partial charge in [-0.3, -0.25) is 0 Å². The van der Waals surface area contributed by atoms with Crippen molar-refractivity contribution < 1.29 is 9.15 Å². The van der Waals surface area contributed by atoms with E-state index in [9.17, 15) is 0 Å². The van der Waals surface area contributed by atoms with Crippen molar-refractivity contribution in [1.29, 1.82) is 0 Å². The molecular formula is C14H18ClN3O2. The number of aryl methyl sites for hydroxylation is 1. The largest absolute Gasteiger partial charge is 0.482 e. The van der Waals surface area contributed by atoms with Gasteiger partial charge in [-0.25, -0.2) is 0 Å². The Bertz CT molecular complexity index is 571. The van der Waals surface area contributed by atoms with Crippen molar-refractivity contribution in [1.82, 2.24) is 15.5 Å². The lowest BCUT2D eigenvalue weighted by molar-refractivity contribution is 0.260. The summed E-state index contributed by atoms with van der Waals surface area (Å²) in [5, 5.41) is 11.5. The quantitative estimate of drug-likeness (QED) is 0.886. The zero-order valence-corrected chi connectivity index (χ0v) is 12.6. The Morgan fingerprint density at radius 1 is 1.40 bits per heavy atom. The maximum atomic E-state index is 6.23. The number of ether oxygens (including phenoxy) is 1. The Balaban J connectivity index is 2.02. The van der Waals surface area contributed by atoms with E-state index in [-0.39, 0.29) is 12.6 Å². The highest BCUT2D eigenvalue weighted by Crippen LogP contribution is 2.28. The summed E-state index contributed by atoms with van der Waals surface area (Å²) in [4.78, 5) is 0. The summed E-state index contributed by atoms with van der Waals surface area (Å²) >= 11 is 6.23. The van der Waals surface area contributed by atoms with Crippen LogP contribution in [-0.2, 0) is 6.61 Å². The summed E-state index contributed by atoms with van der Waals surface area (Å²) in [6, 6.07) is 6.01. The molecule has 20 heavy (non-hydrogen) atoms. The minimum atomic E-state index is 0.211. The first-order valence-corrected chi connectivity index (χ1v) is 6.92. The molecule has 0 bridgehead atoms. The van der Waals surface area contributed by atoms with Gasteiger partial charge >= 0.3 is 0 Å². The van der Waals surface area contributed by atoms with Crippen molar-refractivity contribution in [3.8, 4) is 5.75 Å². The second-order valence-electron chi connectivity index (χ2n) is 4.47. The number of aromatic nitrogens is 2. The van der Waals surface area contributed by atoms with Crippen molar-refractivity contribution in [2.45, 2.75) is 33.4 Å². The number of halogens is 1. The minimum absolute atomic E-state index is 0.211. The molecule has 1 aromatic heterocycles. The van der Waals surface area contributed by atoms with Crippen molar-refractivity contribution in [3.63, 3.8) is 0 Å². The number of rotatable bonds is 6. The van der Waals surface area contributed by atoms with Crippen molar-refractivity contribution >= 4 is 11.6 Å². The molecule has 0 aliphatic carbocycles. The lowest BCUT2D eigenvalue weighted by Gasteiger charge is -2.14. The topological polar surface area (TPSA) is 60.2 Å². The SMILES string of the molecule is CCNC(C)c1ccc(OCc2nnc(C)o2)c(Cl)c1. The molecule has 2 aromatic rings. The Morgan fingerprint density at radius 3 is 2.80 bits per heavy atom. The van der Waals surface area contributed by atoms with Gasteiger partial charge in [0.05, 0.1) is 5.02 Å². The van der Waals surface area contributed by atoms with Crippen LogP contribution in [0.4, 0.5) is 0 Å². The standard InChI is InChI=1S/C14H18ClN3O2/c1-4-16-9(2)11-5-6-13(12(15)7-11)19-8-14-18-17-10(3)20-14/h5-7,9,16H,4,8H2,1-3H3. The summed E-state index contributed by atoms with van der Waals surface area (Å²) in [6.45, 7) is 7.02. The van der Waals surface area contributed by atoms with Crippen LogP contribution in [0.1, 0.15) is 37.2 Å². The summed E-state index contributed by atoms with van der Waals surface area (Å²) in [7, 11) is 0. The van der Waals surface area contributed by atoms with E-state index in [1.54, 1.807) is 6.92 Å². The van der Waals surface area contributed by atoms with Gasteiger partial charge in [-0.15, -0.1) is 10.2 Å². The van der Waals surface area contributed by atoms with Crippen LogP contribution in [-0.4, -0.2) is 16.7 Å². The first-order valence-electron chi connectivity index (χ1n) is 6.54. The Morgan fingerprint density at radius 2 is 2.20 bits per heavy atom. The molecule has 1 atom stereocenters. The molecule has 108 valence electrons. The molecule has 6 heteroatoms. The van der Waals surface area contributed by atoms with Crippen molar-refractivity contribution in [2.75, 3.05) is 6.54 Å². The Labute approximate surface area is 123 Å². The van der Waals surface area contributed by atoms with E-state index in [0.29, 0.717) is 22.6 Å². The van der Waals surface area contributed by atoms with Crippen LogP contribution in [0.3, 0.4) is 0 Å². The highest BCUT2D eigenvalue weighted by molar-refractivity contribution is 6.32. The molecule has 1 heterocycles. The first-order chi connectivity index (χ1) is 9.60. The third-order valence-electron chi connectivity index (χ3n) is 2.89. The van der Waals surface area contributed by atoms with Crippen LogP contribution in [0.5, 0.6) is 5.75 Å². The van der Waals surface area contributed by atoms with Gasteiger partial charge in [0.15, 0.2) is 6.61 Å². The van der Waals surface area contributed by atoms with Gasteiger partial charge in [0.1, 0.15) is 5.75 Å². The van der Waals surface area contributed by atoms with Crippen LogP contribution in [0.2, 0.25) is 5.02 Å². The lowest BCUT2D eigenvalue weighted by atomic mass is 10.1. The molecule has 1 N–H and O–H groups in total. The van der Waals surface area contributed by atoms with E-state index in [1.807, 2.05) is 18.2 Å². The van der Waals surface area contributed by atoms with Crippen LogP contribution in [0, 0.1) is 6.92 Å². The summed E-state index contributed by atoms with van der Waals surface area (Å²) in [5.74, 6) is 1.56. The number of nitrogens with zero attached hydrogens (tertiary/aromatic N) is 2. The van der Waals surface area contributed by atoms with Crippen LogP contribution < -0.4 is 10.1 Å². The first kappa shape index (κ1) is 14.8. The fourth-order valence-electron chi connectivity index (χ4n) is 1.86. The predicted octanol–water partition coefficient (Wildman–Crippen LogP) is 3.28. The molecular weight excluding hydrogens is 278 g/mol. The van der Waals surface area contributed by atoms with E-state index in [4.69, 9.17) is 20.8 Å². The predicted molar refractivity (Wildman–Crippen MR) is 76.9 cm³/mol. The van der Waals surface area contributed by atoms with Crippen LogP contribution >= 0.6 is 11.6 Å². The molecule has 0 aliphatic rings. The van der Waals surface area contributed by atoms with Crippen molar-refractivity contribution in [3.05, 3.63) is 40.6 Å². The summed E-state index contributed by atoms with van der Waals surface area (Å²) < 4.78 is 10.8. The molecule has 1 aromatic carbocycles. The zero-order chi connectivity index (χ0) is 14.5. The second kappa shape index (κ2) is 6.72. The second-order valence-corrected chi connectivity index (χ2v) is 4.88. The zero-order valence-electron chi connectivity index (χ0n) is 11.8. The number of hydrogen-bond acceptors (Lipinski definition) is 5. The normalized spacial score (nSPS) is 12.4. The van der Waals surface area contributed by atoms with Gasteiger partial charge in [0, 0.05) is 13.0 Å². The molecule has 0 amide bonds. The Hall–Kier alpha value is -1.59. The third-order valence-corrected chi connectivity index (χ3v) is 3.18. The highest BCUT2D eigenvalue weighted by atomic mass is 35.5. The van der Waals surface area contributed by atoms with E-state index in [1.165, 1.54) is 0 Å². The molecule has 0 fully saturated rings. The van der Waals surface area contributed by atoms with Crippen LogP contribution in [0.25, 0.3) is 0 Å². The number of nitrogens with one attached hydrogen (secondary N) is 1. The summed E-state index contributed by atoms with van der Waals surface area (Å²) in [6.07, 6.45) is 0. The van der Waals surface area contributed by atoms with Crippen molar-refractivity contribution in [2.24, 2.45) is 0 Å². The lowest BCUT2D eigenvalue weighted by Crippen LogP contribution is -2.17. The fraction of sp³-hybridized carbons (Fsp3) is 0.429. The van der Waals surface area contributed by atoms with Gasteiger partial charge in [-0.05, 0) is 31.2 Å². The highest BCUT2D eigenvalue weighted by Gasteiger charge is 2.09. The Kier molecular flexibility index (Phi) is 4.98. The molecule has 0 saturated heterocycles. The average molecular weight is 296 g/mol. The molecule has 1 unspecified atom stereocenters. The smallest absolute Gasteiger partial charge is 0.253 e. The van der Waals surface area contributed by atoms with Gasteiger partial charge in [0.25, 0.3) is 5.89 Å². The molecule has 0 aliphatic heterocycles. The number of benzene rings is 1. The molecule has 0 saturated carbocycles. The minimum Gasteiger partial charge on any atom is -0.482 e. The van der Waals surface area contributed by atoms with E-state index in [0.717, 1.165) is 12.1 Å². The van der Waals surface area contributed by atoms with Gasteiger partial charge in [0.2, 0.25) is 5.89 Å². The maximum Gasteiger partial charge on any atom is 0.253 e. The molecule has 5 nitrogen and oxygen atoms in total. The molecule has 2 rings (SSSR count). The van der Waals surface area contributed by atoms with E-state index >= 15 is 0 Å². The van der Waals surface area contributed by atoms with Gasteiger partial charge in [-0.1, -0.05) is 24.6 Å². The maximum absolute atomic E-state index is 6.23. The van der Waals surface area contributed by atoms with Gasteiger partial charge < -0.3 is 14.5 Å². The monoisotopic (exact) mass is 295 g/mol. The molecule has 0 spiro atoms. The van der Waals surface area contributed by atoms with Crippen LogP contribution in [0.15, 0.2) is 22.6 Å². The third kappa shape index (κ3) is 3.71. The number of hydrogen-bond donors (Lipinski definition) is 1. The summed E-state index contributed by atoms with van der Waals surface area (Å²) in [5.41, 5.74) is 1.12. The molecule has 0 radical (unpaired) electrons. The van der Waals surface area contributed by atoms with E-state index in [2.05, 4.69) is 29.4 Å². The van der Waals surface area contributed by atoms with E-state index < -0.39 is 0 Å². The average Bonchev–Trinajstić information content (AvgIpc) is 2.83. The van der Waals surface area contributed by atoms with Gasteiger partial charge in [-0.2, -0.15) is 0 Å². The fourth-order valence-corrected chi connectivity index (χ4v) is 2.11.